The van der Waals surface area contributed by atoms with Crippen molar-refractivity contribution in [3.8, 4) is 0 Å². The van der Waals surface area contributed by atoms with Gasteiger partial charge in [0.05, 0.1) is 11.7 Å². The average molecular weight is 291 g/mol. The lowest BCUT2D eigenvalue weighted by atomic mass is 9.83. The van der Waals surface area contributed by atoms with E-state index in [-0.39, 0.29) is 0 Å². The summed E-state index contributed by atoms with van der Waals surface area (Å²) in [5.41, 5.74) is -0.148. The standard InChI is InChI=1S/C15H17NO3S/c1-15(2,14(17)16-20(3,18)19)13-9-8-11-6-4-5-7-12(11)10-13/h4-10H,1-3H3,(H,16,17). The van der Waals surface area contributed by atoms with Gasteiger partial charge in [-0.2, -0.15) is 0 Å². The minimum Gasteiger partial charge on any atom is -0.273 e. The lowest BCUT2D eigenvalue weighted by Crippen LogP contribution is -2.42. The molecule has 1 amide bonds. The fraction of sp³-hybridized carbons (Fsp3) is 0.267. The van der Waals surface area contributed by atoms with Crippen LogP contribution < -0.4 is 4.72 Å². The summed E-state index contributed by atoms with van der Waals surface area (Å²) in [6.07, 6.45) is 0.974. The summed E-state index contributed by atoms with van der Waals surface area (Å²) in [4.78, 5) is 12.1. The van der Waals surface area contributed by atoms with Crippen LogP contribution in [0.5, 0.6) is 0 Å². The molecule has 0 aliphatic carbocycles. The highest BCUT2D eigenvalue weighted by Gasteiger charge is 2.31. The zero-order valence-corrected chi connectivity index (χ0v) is 12.5. The summed E-state index contributed by atoms with van der Waals surface area (Å²) in [7, 11) is -3.56. The van der Waals surface area contributed by atoms with Crippen molar-refractivity contribution in [2.24, 2.45) is 0 Å². The summed E-state index contributed by atoms with van der Waals surface area (Å²) in [5, 5.41) is 2.10. The van der Waals surface area contributed by atoms with Gasteiger partial charge in [0.15, 0.2) is 0 Å². The lowest BCUT2D eigenvalue weighted by molar-refractivity contribution is -0.123. The second-order valence-corrected chi connectivity index (χ2v) is 7.14. The molecule has 2 aromatic rings. The van der Waals surface area contributed by atoms with Crippen LogP contribution in [0.25, 0.3) is 10.8 Å². The van der Waals surface area contributed by atoms with Crippen LogP contribution in [0.1, 0.15) is 19.4 Å². The van der Waals surface area contributed by atoms with Crippen molar-refractivity contribution in [2.45, 2.75) is 19.3 Å². The Morgan fingerprint density at radius 1 is 1.05 bits per heavy atom. The molecule has 0 unspecified atom stereocenters. The zero-order valence-electron chi connectivity index (χ0n) is 11.7. The van der Waals surface area contributed by atoms with Crippen LogP contribution in [0.4, 0.5) is 0 Å². The first-order valence-corrected chi connectivity index (χ1v) is 8.11. The number of sulfonamides is 1. The molecule has 20 heavy (non-hydrogen) atoms. The zero-order chi connectivity index (χ0) is 15.0. The normalized spacial score (nSPS) is 12.3. The predicted molar refractivity (Wildman–Crippen MR) is 80.0 cm³/mol. The number of fused-ring (bicyclic) bond motifs is 1. The molecule has 1 N–H and O–H groups in total. The SMILES string of the molecule is CC(C)(C(=O)NS(C)(=O)=O)c1ccc2ccccc2c1. The lowest BCUT2D eigenvalue weighted by Gasteiger charge is -2.24. The van der Waals surface area contributed by atoms with E-state index in [4.69, 9.17) is 0 Å². The molecule has 5 heteroatoms. The van der Waals surface area contributed by atoms with Crippen molar-refractivity contribution in [1.82, 2.24) is 4.72 Å². The van der Waals surface area contributed by atoms with Crippen molar-refractivity contribution in [1.29, 1.82) is 0 Å². The van der Waals surface area contributed by atoms with Crippen LogP contribution in [0.2, 0.25) is 0 Å². The predicted octanol–water partition coefficient (Wildman–Crippen LogP) is 2.19. The average Bonchev–Trinajstić information content (AvgIpc) is 2.36. The Morgan fingerprint density at radius 2 is 1.65 bits per heavy atom. The first-order chi connectivity index (χ1) is 9.20. The molecule has 0 aromatic heterocycles. The third kappa shape index (κ3) is 2.99. The van der Waals surface area contributed by atoms with E-state index in [1.54, 1.807) is 13.8 Å². The third-order valence-corrected chi connectivity index (χ3v) is 3.87. The Labute approximate surface area is 118 Å². The second-order valence-electron chi connectivity index (χ2n) is 5.39. The van der Waals surface area contributed by atoms with Gasteiger partial charge in [-0.05, 0) is 30.2 Å². The van der Waals surface area contributed by atoms with Gasteiger partial charge in [0, 0.05) is 0 Å². The van der Waals surface area contributed by atoms with Gasteiger partial charge < -0.3 is 0 Å². The molecule has 0 atom stereocenters. The third-order valence-electron chi connectivity index (χ3n) is 3.32. The van der Waals surface area contributed by atoms with Gasteiger partial charge in [0.25, 0.3) is 0 Å². The Kier molecular flexibility index (Phi) is 3.56. The van der Waals surface area contributed by atoms with Crippen LogP contribution in [-0.4, -0.2) is 20.6 Å². The fourth-order valence-corrected chi connectivity index (χ4v) is 2.60. The summed E-state index contributed by atoms with van der Waals surface area (Å²) in [6, 6.07) is 13.5. The van der Waals surface area contributed by atoms with E-state index in [0.29, 0.717) is 0 Å². The number of hydrogen-bond donors (Lipinski definition) is 1. The maximum absolute atomic E-state index is 12.1. The van der Waals surface area contributed by atoms with E-state index in [0.717, 1.165) is 22.6 Å². The molecule has 0 aliphatic heterocycles. The van der Waals surface area contributed by atoms with Crippen LogP contribution in [0, 0.1) is 0 Å². The van der Waals surface area contributed by atoms with Crippen molar-refractivity contribution >= 4 is 26.7 Å². The first kappa shape index (κ1) is 14.5. The van der Waals surface area contributed by atoms with E-state index in [1.165, 1.54) is 0 Å². The molecule has 0 fully saturated rings. The molecule has 2 aromatic carbocycles. The summed E-state index contributed by atoms with van der Waals surface area (Å²) in [5.74, 6) is -0.532. The Morgan fingerprint density at radius 3 is 2.25 bits per heavy atom. The van der Waals surface area contributed by atoms with Gasteiger partial charge in [-0.3, -0.25) is 9.52 Å². The summed E-state index contributed by atoms with van der Waals surface area (Å²) < 4.78 is 24.4. The molecule has 0 heterocycles. The van der Waals surface area contributed by atoms with E-state index in [9.17, 15) is 13.2 Å². The molecule has 2 rings (SSSR count). The minimum atomic E-state index is -3.56. The molecular weight excluding hydrogens is 274 g/mol. The Hall–Kier alpha value is -1.88. The van der Waals surface area contributed by atoms with Gasteiger partial charge in [-0.15, -0.1) is 0 Å². The van der Waals surface area contributed by atoms with Gasteiger partial charge in [-0.1, -0.05) is 42.5 Å². The maximum atomic E-state index is 12.1. The van der Waals surface area contributed by atoms with Crippen molar-refractivity contribution in [3.63, 3.8) is 0 Å². The molecule has 0 radical (unpaired) electrons. The van der Waals surface area contributed by atoms with E-state index in [1.807, 2.05) is 47.2 Å². The van der Waals surface area contributed by atoms with Crippen LogP contribution in [0.3, 0.4) is 0 Å². The smallest absolute Gasteiger partial charge is 0.243 e. The van der Waals surface area contributed by atoms with Gasteiger partial charge >= 0.3 is 0 Å². The van der Waals surface area contributed by atoms with E-state index < -0.39 is 21.3 Å². The van der Waals surface area contributed by atoms with E-state index in [2.05, 4.69) is 0 Å². The molecule has 0 saturated heterocycles. The molecular formula is C15H17NO3S. The fourth-order valence-electron chi connectivity index (χ4n) is 2.01. The number of carbonyl (C=O) groups is 1. The molecule has 0 bridgehead atoms. The number of hydrogen-bond acceptors (Lipinski definition) is 3. The van der Waals surface area contributed by atoms with Gasteiger partial charge in [-0.25, -0.2) is 8.42 Å². The monoisotopic (exact) mass is 291 g/mol. The van der Waals surface area contributed by atoms with Crippen molar-refractivity contribution < 1.29 is 13.2 Å². The number of nitrogens with one attached hydrogen (secondary N) is 1. The van der Waals surface area contributed by atoms with Crippen LogP contribution in [-0.2, 0) is 20.2 Å². The molecule has 0 aliphatic rings. The van der Waals surface area contributed by atoms with Crippen molar-refractivity contribution in [2.75, 3.05) is 6.26 Å². The van der Waals surface area contributed by atoms with Crippen LogP contribution >= 0.6 is 0 Å². The largest absolute Gasteiger partial charge is 0.273 e. The number of amides is 1. The van der Waals surface area contributed by atoms with Gasteiger partial charge in [0.1, 0.15) is 0 Å². The quantitative estimate of drug-likeness (QED) is 0.943. The Balaban J connectivity index is 2.43. The first-order valence-electron chi connectivity index (χ1n) is 6.22. The second kappa shape index (κ2) is 4.90. The molecule has 0 saturated carbocycles. The Bertz CT molecular complexity index is 764. The summed E-state index contributed by atoms with van der Waals surface area (Å²) >= 11 is 0. The minimum absolute atomic E-state index is 0.532. The van der Waals surface area contributed by atoms with E-state index >= 15 is 0 Å². The van der Waals surface area contributed by atoms with Crippen molar-refractivity contribution in [3.05, 3.63) is 48.0 Å². The molecule has 4 nitrogen and oxygen atoms in total. The molecule has 106 valence electrons. The highest BCUT2D eigenvalue weighted by Crippen LogP contribution is 2.27. The highest BCUT2D eigenvalue weighted by molar-refractivity contribution is 7.89. The number of benzene rings is 2. The molecule has 0 spiro atoms. The summed E-state index contributed by atoms with van der Waals surface area (Å²) in [6.45, 7) is 3.41. The van der Waals surface area contributed by atoms with Crippen LogP contribution in [0.15, 0.2) is 42.5 Å². The number of rotatable bonds is 3. The highest BCUT2D eigenvalue weighted by atomic mass is 32.2. The topological polar surface area (TPSA) is 63.2 Å². The number of carbonyl (C=O) groups excluding carboxylic acids is 1. The van der Waals surface area contributed by atoms with Gasteiger partial charge in [0.2, 0.25) is 15.9 Å². The maximum Gasteiger partial charge on any atom is 0.243 e.